The van der Waals surface area contributed by atoms with Gasteiger partial charge in [-0.15, -0.1) is 12.4 Å². The molecule has 3 aromatic rings. The van der Waals surface area contributed by atoms with Gasteiger partial charge in [-0.3, -0.25) is 9.69 Å². The molecule has 29 heavy (non-hydrogen) atoms. The van der Waals surface area contributed by atoms with Crippen LogP contribution in [-0.2, 0) is 0 Å². The van der Waals surface area contributed by atoms with Crippen molar-refractivity contribution in [2.45, 2.75) is 6.04 Å². The van der Waals surface area contributed by atoms with Gasteiger partial charge in [-0.2, -0.15) is 0 Å². The molecule has 3 nitrogen and oxygen atoms in total. The van der Waals surface area contributed by atoms with Crippen LogP contribution < -0.4 is 0 Å². The zero-order valence-electron chi connectivity index (χ0n) is 16.1. The fourth-order valence-corrected chi connectivity index (χ4v) is 3.84. The summed E-state index contributed by atoms with van der Waals surface area (Å²) in [6.45, 7) is 2.90. The second kappa shape index (κ2) is 9.68. The van der Waals surface area contributed by atoms with Crippen molar-refractivity contribution in [2.75, 3.05) is 26.2 Å². The third kappa shape index (κ3) is 4.84. The van der Waals surface area contributed by atoms with E-state index in [2.05, 4.69) is 53.4 Å². The Balaban J connectivity index is 0.00000240. The Morgan fingerprint density at radius 2 is 1.21 bits per heavy atom. The highest BCUT2D eigenvalue weighted by atomic mass is 35.5. The normalized spacial score (nSPS) is 14.5. The molecule has 1 saturated heterocycles. The van der Waals surface area contributed by atoms with E-state index in [1.807, 2.05) is 17.0 Å². The molecule has 4 rings (SSSR count). The molecule has 0 radical (unpaired) electrons. The largest absolute Gasteiger partial charge is 0.336 e. The number of piperazine rings is 1. The average molecular weight is 411 g/mol. The standard InChI is InChI=1S/C24H23FN2O.ClH/c25-22-13-11-21(12-14-22)24(28)27-17-15-26(16-18-27)23(19-7-3-1-4-8-19)20-9-5-2-6-10-20;/h1-14,23H,15-18H2;1H. The fourth-order valence-electron chi connectivity index (χ4n) is 3.84. The lowest BCUT2D eigenvalue weighted by Crippen LogP contribution is -2.49. The molecule has 1 aliphatic rings. The van der Waals surface area contributed by atoms with Gasteiger partial charge in [-0.25, -0.2) is 4.39 Å². The Labute approximate surface area is 177 Å². The van der Waals surface area contributed by atoms with Crippen molar-refractivity contribution < 1.29 is 9.18 Å². The van der Waals surface area contributed by atoms with Crippen LogP contribution in [0, 0.1) is 5.82 Å². The summed E-state index contributed by atoms with van der Waals surface area (Å²) in [5.41, 5.74) is 3.05. The van der Waals surface area contributed by atoms with Crippen molar-refractivity contribution in [1.29, 1.82) is 0 Å². The smallest absolute Gasteiger partial charge is 0.253 e. The number of carbonyl (C=O) groups excluding carboxylic acids is 1. The Morgan fingerprint density at radius 3 is 1.69 bits per heavy atom. The minimum atomic E-state index is -0.324. The molecule has 1 heterocycles. The number of hydrogen-bond acceptors (Lipinski definition) is 2. The van der Waals surface area contributed by atoms with Gasteiger partial charge in [-0.05, 0) is 35.4 Å². The van der Waals surface area contributed by atoms with Crippen LogP contribution in [0.4, 0.5) is 4.39 Å². The Bertz CT molecular complexity index is 871. The maximum Gasteiger partial charge on any atom is 0.253 e. The lowest BCUT2D eigenvalue weighted by atomic mass is 9.96. The van der Waals surface area contributed by atoms with Crippen molar-refractivity contribution in [2.24, 2.45) is 0 Å². The van der Waals surface area contributed by atoms with Crippen LogP contribution in [-0.4, -0.2) is 41.9 Å². The van der Waals surface area contributed by atoms with E-state index in [4.69, 9.17) is 0 Å². The third-order valence-corrected chi connectivity index (χ3v) is 5.29. The van der Waals surface area contributed by atoms with Gasteiger partial charge in [0, 0.05) is 31.7 Å². The second-order valence-corrected chi connectivity index (χ2v) is 7.06. The monoisotopic (exact) mass is 410 g/mol. The van der Waals surface area contributed by atoms with Crippen molar-refractivity contribution in [3.05, 3.63) is 107 Å². The first kappa shape index (κ1) is 21.0. The van der Waals surface area contributed by atoms with Crippen LogP contribution in [0.5, 0.6) is 0 Å². The van der Waals surface area contributed by atoms with Crippen LogP contribution in [0.25, 0.3) is 0 Å². The van der Waals surface area contributed by atoms with Gasteiger partial charge in [0.05, 0.1) is 6.04 Å². The van der Waals surface area contributed by atoms with E-state index in [0.717, 1.165) is 13.1 Å². The Hall–Kier alpha value is -2.69. The van der Waals surface area contributed by atoms with Crippen LogP contribution in [0.15, 0.2) is 84.9 Å². The summed E-state index contributed by atoms with van der Waals surface area (Å²) in [4.78, 5) is 17.0. The van der Waals surface area contributed by atoms with E-state index in [-0.39, 0.29) is 30.2 Å². The van der Waals surface area contributed by atoms with E-state index >= 15 is 0 Å². The van der Waals surface area contributed by atoms with Gasteiger partial charge in [-0.1, -0.05) is 60.7 Å². The lowest BCUT2D eigenvalue weighted by Gasteiger charge is -2.39. The Kier molecular flexibility index (Phi) is 7.02. The molecule has 1 fully saturated rings. The van der Waals surface area contributed by atoms with Gasteiger partial charge >= 0.3 is 0 Å². The number of benzene rings is 3. The first-order valence-electron chi connectivity index (χ1n) is 9.61. The highest BCUT2D eigenvalue weighted by Gasteiger charge is 2.28. The van der Waals surface area contributed by atoms with Crippen LogP contribution in [0.2, 0.25) is 0 Å². The molecule has 1 amide bonds. The zero-order valence-corrected chi connectivity index (χ0v) is 16.9. The van der Waals surface area contributed by atoms with Gasteiger partial charge in [0.1, 0.15) is 5.82 Å². The van der Waals surface area contributed by atoms with Gasteiger partial charge in [0.25, 0.3) is 5.91 Å². The predicted molar refractivity (Wildman–Crippen MR) is 116 cm³/mol. The molecular weight excluding hydrogens is 387 g/mol. The second-order valence-electron chi connectivity index (χ2n) is 7.06. The highest BCUT2D eigenvalue weighted by molar-refractivity contribution is 5.94. The average Bonchev–Trinajstić information content (AvgIpc) is 2.76. The molecule has 1 aliphatic heterocycles. The zero-order chi connectivity index (χ0) is 19.3. The number of nitrogens with zero attached hydrogens (tertiary/aromatic N) is 2. The molecule has 0 bridgehead atoms. The number of hydrogen-bond donors (Lipinski definition) is 0. The minimum absolute atomic E-state index is 0. The molecule has 0 saturated carbocycles. The molecule has 0 spiro atoms. The Morgan fingerprint density at radius 1 is 0.724 bits per heavy atom. The number of halogens is 2. The highest BCUT2D eigenvalue weighted by Crippen LogP contribution is 2.29. The maximum absolute atomic E-state index is 13.1. The quantitative estimate of drug-likeness (QED) is 0.617. The SMILES string of the molecule is Cl.O=C(c1ccc(F)cc1)N1CCN(C(c2ccccc2)c2ccccc2)CC1. The van der Waals surface area contributed by atoms with Gasteiger partial charge in [0.2, 0.25) is 0 Å². The van der Waals surface area contributed by atoms with Gasteiger partial charge < -0.3 is 4.90 Å². The summed E-state index contributed by atoms with van der Waals surface area (Å²) in [7, 11) is 0. The predicted octanol–water partition coefficient (Wildman–Crippen LogP) is 4.79. The summed E-state index contributed by atoms with van der Waals surface area (Å²) in [6.07, 6.45) is 0. The van der Waals surface area contributed by atoms with E-state index in [0.29, 0.717) is 18.7 Å². The summed E-state index contributed by atoms with van der Waals surface area (Å²) in [6, 6.07) is 26.9. The van der Waals surface area contributed by atoms with E-state index in [9.17, 15) is 9.18 Å². The lowest BCUT2D eigenvalue weighted by molar-refractivity contribution is 0.0597. The number of amides is 1. The molecule has 0 aromatic heterocycles. The molecule has 150 valence electrons. The summed E-state index contributed by atoms with van der Waals surface area (Å²) in [5.74, 6) is -0.356. The number of rotatable bonds is 4. The van der Waals surface area contributed by atoms with E-state index in [1.165, 1.54) is 23.3 Å². The van der Waals surface area contributed by atoms with Crippen molar-refractivity contribution in [3.8, 4) is 0 Å². The molecule has 5 heteroatoms. The fraction of sp³-hybridized carbons (Fsp3) is 0.208. The van der Waals surface area contributed by atoms with Crippen molar-refractivity contribution in [3.63, 3.8) is 0 Å². The molecule has 0 aliphatic carbocycles. The molecule has 0 atom stereocenters. The van der Waals surface area contributed by atoms with E-state index < -0.39 is 0 Å². The molecule has 0 unspecified atom stereocenters. The molecule has 3 aromatic carbocycles. The first-order valence-corrected chi connectivity index (χ1v) is 9.61. The first-order chi connectivity index (χ1) is 13.7. The van der Waals surface area contributed by atoms with Crippen molar-refractivity contribution >= 4 is 18.3 Å². The molecular formula is C24H24ClFN2O. The van der Waals surface area contributed by atoms with Gasteiger partial charge in [0.15, 0.2) is 0 Å². The summed E-state index contributed by atoms with van der Waals surface area (Å²) >= 11 is 0. The summed E-state index contributed by atoms with van der Waals surface area (Å²) in [5, 5.41) is 0. The molecule has 0 N–H and O–H groups in total. The van der Waals surface area contributed by atoms with Crippen LogP contribution in [0.1, 0.15) is 27.5 Å². The topological polar surface area (TPSA) is 23.6 Å². The maximum atomic E-state index is 13.1. The minimum Gasteiger partial charge on any atom is -0.336 e. The van der Waals surface area contributed by atoms with E-state index in [1.54, 1.807) is 12.1 Å². The summed E-state index contributed by atoms with van der Waals surface area (Å²) < 4.78 is 13.1. The van der Waals surface area contributed by atoms with Crippen molar-refractivity contribution in [1.82, 2.24) is 9.80 Å². The van der Waals surface area contributed by atoms with Crippen LogP contribution in [0.3, 0.4) is 0 Å². The van der Waals surface area contributed by atoms with Crippen LogP contribution >= 0.6 is 12.4 Å². The third-order valence-electron chi connectivity index (χ3n) is 5.29. The number of carbonyl (C=O) groups is 1.